The summed E-state index contributed by atoms with van der Waals surface area (Å²) in [5, 5.41) is 24.4. The van der Waals surface area contributed by atoms with Crippen LogP contribution in [0, 0.1) is 10.1 Å². The third kappa shape index (κ3) is 3.19. The Labute approximate surface area is 141 Å². The summed E-state index contributed by atoms with van der Waals surface area (Å²) < 4.78 is 6.32. The highest BCUT2D eigenvalue weighted by atomic mass is 16.6. The molecule has 0 spiro atoms. The first kappa shape index (κ1) is 16.6. The van der Waals surface area contributed by atoms with E-state index in [1.54, 1.807) is 6.07 Å². The summed E-state index contributed by atoms with van der Waals surface area (Å²) in [4.78, 5) is 35.6. The number of nitro groups is 1. The molecule has 0 saturated carbocycles. The lowest BCUT2D eigenvalue weighted by Crippen LogP contribution is -2.52. The van der Waals surface area contributed by atoms with Crippen LogP contribution in [-0.4, -0.2) is 62.4 Å². The minimum absolute atomic E-state index is 0.00583. The van der Waals surface area contributed by atoms with Crippen molar-refractivity contribution in [3.8, 4) is 5.69 Å². The number of aromatic nitrogens is 2. The molecule has 3 rings (SSSR count). The molecule has 10 heteroatoms. The summed E-state index contributed by atoms with van der Waals surface area (Å²) in [5.74, 6) is -1.72. The molecule has 2 aromatic rings. The van der Waals surface area contributed by atoms with E-state index in [1.807, 2.05) is 0 Å². The predicted octanol–water partition coefficient (Wildman–Crippen LogP) is 0.706. The monoisotopic (exact) mass is 346 g/mol. The number of para-hydroxylation sites is 2. The molecular weight excluding hydrogens is 332 g/mol. The Morgan fingerprint density at radius 2 is 2.08 bits per heavy atom. The van der Waals surface area contributed by atoms with Crippen molar-refractivity contribution in [3.05, 3.63) is 52.3 Å². The fraction of sp³-hybridized carbons (Fsp3) is 0.267. The first-order chi connectivity index (χ1) is 12.0. The minimum Gasteiger partial charge on any atom is -0.480 e. The van der Waals surface area contributed by atoms with Crippen LogP contribution in [0.2, 0.25) is 0 Å². The van der Waals surface area contributed by atoms with Gasteiger partial charge in [-0.3, -0.25) is 14.9 Å². The molecule has 1 unspecified atom stereocenters. The standard InChI is InChI=1S/C15H14N4O6/c20-14(17-7-8-25-9-13(17)15(21)22)10-5-6-18(16-10)11-3-1-2-4-12(11)19(23)24/h1-6,13H,7-9H2,(H,21,22). The molecule has 1 aromatic heterocycles. The highest BCUT2D eigenvalue weighted by Crippen LogP contribution is 2.22. The van der Waals surface area contributed by atoms with Crippen molar-refractivity contribution in [2.24, 2.45) is 0 Å². The van der Waals surface area contributed by atoms with E-state index in [0.717, 1.165) is 0 Å². The maximum absolute atomic E-state index is 12.6. The van der Waals surface area contributed by atoms with Crippen LogP contribution >= 0.6 is 0 Å². The lowest BCUT2D eigenvalue weighted by molar-refractivity contribution is -0.384. The van der Waals surface area contributed by atoms with Crippen molar-refractivity contribution in [1.82, 2.24) is 14.7 Å². The number of nitrogens with zero attached hydrogens (tertiary/aromatic N) is 4. The summed E-state index contributed by atoms with van der Waals surface area (Å²) in [6.45, 7) is 0.278. The molecule has 0 aliphatic carbocycles. The SMILES string of the molecule is O=C(O)C1COCCN1C(=O)c1ccn(-c2ccccc2[N+](=O)[O-])n1. The van der Waals surface area contributed by atoms with Gasteiger partial charge in [0.15, 0.2) is 11.7 Å². The third-order valence-electron chi connectivity index (χ3n) is 3.81. The van der Waals surface area contributed by atoms with Crippen LogP contribution in [0.5, 0.6) is 0 Å². The molecule has 0 bridgehead atoms. The molecule has 25 heavy (non-hydrogen) atoms. The second-order valence-corrected chi connectivity index (χ2v) is 5.32. The molecule has 1 atom stereocenters. The van der Waals surface area contributed by atoms with E-state index in [4.69, 9.17) is 4.74 Å². The highest BCUT2D eigenvalue weighted by molar-refractivity contribution is 5.95. The maximum atomic E-state index is 12.6. The average molecular weight is 346 g/mol. The fourth-order valence-electron chi connectivity index (χ4n) is 2.58. The predicted molar refractivity (Wildman–Crippen MR) is 83.5 cm³/mol. The minimum atomic E-state index is -1.16. The molecule has 0 radical (unpaired) electrons. The molecule has 130 valence electrons. The topological polar surface area (TPSA) is 128 Å². The first-order valence-corrected chi connectivity index (χ1v) is 7.40. The number of nitro benzene ring substituents is 1. The van der Waals surface area contributed by atoms with E-state index in [9.17, 15) is 24.8 Å². The zero-order valence-corrected chi connectivity index (χ0v) is 12.9. The second kappa shape index (κ2) is 6.69. The van der Waals surface area contributed by atoms with Crippen LogP contribution in [0.4, 0.5) is 5.69 Å². The zero-order chi connectivity index (χ0) is 18.0. The van der Waals surface area contributed by atoms with Crippen LogP contribution in [0.3, 0.4) is 0 Å². The van der Waals surface area contributed by atoms with Crippen molar-refractivity contribution < 1.29 is 24.4 Å². The average Bonchev–Trinajstić information content (AvgIpc) is 3.11. The normalized spacial score (nSPS) is 17.3. The van der Waals surface area contributed by atoms with Gasteiger partial charge < -0.3 is 14.7 Å². The van der Waals surface area contributed by atoms with E-state index in [-0.39, 0.29) is 36.8 Å². The molecule has 2 heterocycles. The Morgan fingerprint density at radius 1 is 1.32 bits per heavy atom. The van der Waals surface area contributed by atoms with Crippen molar-refractivity contribution in [3.63, 3.8) is 0 Å². The number of carboxylic acid groups (broad SMARTS) is 1. The summed E-state index contributed by atoms with van der Waals surface area (Å²) >= 11 is 0. The number of carbonyl (C=O) groups excluding carboxylic acids is 1. The quantitative estimate of drug-likeness (QED) is 0.637. The zero-order valence-electron chi connectivity index (χ0n) is 12.9. The number of ether oxygens (including phenoxy) is 1. The van der Waals surface area contributed by atoms with Gasteiger partial charge >= 0.3 is 5.97 Å². The lowest BCUT2D eigenvalue weighted by Gasteiger charge is -2.32. The van der Waals surface area contributed by atoms with Gasteiger partial charge in [-0.2, -0.15) is 5.10 Å². The number of aliphatic carboxylic acids is 1. The Bertz CT molecular complexity index is 833. The molecular formula is C15H14N4O6. The van der Waals surface area contributed by atoms with Gasteiger partial charge in [0.1, 0.15) is 5.69 Å². The Kier molecular flexibility index (Phi) is 4.44. The van der Waals surface area contributed by atoms with E-state index >= 15 is 0 Å². The van der Waals surface area contributed by atoms with Crippen LogP contribution in [0.1, 0.15) is 10.5 Å². The van der Waals surface area contributed by atoms with Gasteiger partial charge in [-0.15, -0.1) is 0 Å². The number of morpholine rings is 1. The van der Waals surface area contributed by atoms with Crippen LogP contribution < -0.4 is 0 Å². The molecule has 1 N–H and O–H groups in total. The molecule has 1 amide bonds. The van der Waals surface area contributed by atoms with Gasteiger partial charge in [-0.1, -0.05) is 12.1 Å². The van der Waals surface area contributed by atoms with Gasteiger partial charge in [0.05, 0.1) is 18.1 Å². The van der Waals surface area contributed by atoms with Gasteiger partial charge in [0, 0.05) is 18.8 Å². The molecule has 1 saturated heterocycles. The first-order valence-electron chi connectivity index (χ1n) is 7.40. The Hall–Kier alpha value is -3.27. The number of hydrogen-bond acceptors (Lipinski definition) is 6. The molecule has 1 fully saturated rings. The summed E-state index contributed by atoms with van der Waals surface area (Å²) in [6.07, 6.45) is 1.42. The van der Waals surface area contributed by atoms with Crippen LogP contribution in [0.15, 0.2) is 36.5 Å². The van der Waals surface area contributed by atoms with E-state index in [2.05, 4.69) is 5.10 Å². The number of rotatable bonds is 4. The molecule has 10 nitrogen and oxygen atoms in total. The molecule has 1 aliphatic heterocycles. The number of carbonyl (C=O) groups is 2. The van der Waals surface area contributed by atoms with E-state index in [1.165, 1.54) is 40.0 Å². The van der Waals surface area contributed by atoms with Crippen molar-refractivity contribution in [2.75, 3.05) is 19.8 Å². The van der Waals surface area contributed by atoms with E-state index < -0.39 is 22.8 Å². The van der Waals surface area contributed by atoms with Gasteiger partial charge in [-0.05, 0) is 12.1 Å². The lowest BCUT2D eigenvalue weighted by atomic mass is 10.2. The third-order valence-corrected chi connectivity index (χ3v) is 3.81. The van der Waals surface area contributed by atoms with Crippen molar-refractivity contribution in [1.29, 1.82) is 0 Å². The van der Waals surface area contributed by atoms with Crippen LogP contribution in [-0.2, 0) is 9.53 Å². The summed E-state index contributed by atoms with van der Waals surface area (Å²) in [6, 6.07) is 6.30. The largest absolute Gasteiger partial charge is 0.480 e. The number of carboxylic acids is 1. The second-order valence-electron chi connectivity index (χ2n) is 5.32. The van der Waals surface area contributed by atoms with Crippen molar-refractivity contribution >= 4 is 17.6 Å². The summed E-state index contributed by atoms with van der Waals surface area (Å²) in [5.41, 5.74) is 0.0639. The Balaban J connectivity index is 1.90. The Morgan fingerprint density at radius 3 is 2.80 bits per heavy atom. The van der Waals surface area contributed by atoms with Gasteiger partial charge in [0.2, 0.25) is 0 Å². The molecule has 1 aromatic carbocycles. The van der Waals surface area contributed by atoms with Gasteiger partial charge in [0.25, 0.3) is 11.6 Å². The maximum Gasteiger partial charge on any atom is 0.328 e. The summed E-state index contributed by atoms with van der Waals surface area (Å²) in [7, 11) is 0. The smallest absolute Gasteiger partial charge is 0.328 e. The molecule has 1 aliphatic rings. The number of benzene rings is 1. The van der Waals surface area contributed by atoms with Crippen molar-refractivity contribution in [2.45, 2.75) is 6.04 Å². The fourth-order valence-corrected chi connectivity index (χ4v) is 2.58. The number of amides is 1. The van der Waals surface area contributed by atoms with E-state index in [0.29, 0.717) is 0 Å². The highest BCUT2D eigenvalue weighted by Gasteiger charge is 2.34. The number of hydrogen-bond donors (Lipinski definition) is 1. The van der Waals surface area contributed by atoms with Crippen LogP contribution in [0.25, 0.3) is 5.69 Å². The van der Waals surface area contributed by atoms with Gasteiger partial charge in [-0.25, -0.2) is 9.48 Å².